The lowest BCUT2D eigenvalue weighted by Gasteiger charge is -2.20. The molecule has 0 saturated carbocycles. The van der Waals surface area contributed by atoms with E-state index in [0.29, 0.717) is 23.9 Å². The minimum Gasteiger partial charge on any atom is -0.433 e. The molecule has 160 valence electrons. The molecule has 0 bridgehead atoms. The van der Waals surface area contributed by atoms with E-state index in [1.165, 1.54) is 30.5 Å². The summed E-state index contributed by atoms with van der Waals surface area (Å²) >= 11 is 0. The van der Waals surface area contributed by atoms with Gasteiger partial charge in [0, 0.05) is 49.9 Å². The molecule has 0 spiro atoms. The maximum atomic E-state index is 13.0. The van der Waals surface area contributed by atoms with Crippen LogP contribution in [0.15, 0.2) is 55.1 Å². The first-order valence-electron chi connectivity index (χ1n) is 9.89. The molecule has 1 fully saturated rings. The number of benzene rings is 1. The van der Waals surface area contributed by atoms with E-state index in [0.717, 1.165) is 37.3 Å². The Kier molecular flexibility index (Phi) is 5.75. The standard InChI is InChI=1S/C22H21F2N5O2/c1-22(23,24)31-17-6-4-16(5-7-17)28-21(30)15-12-18(19-14-25-8-9-26-19)20(27-13-15)29-10-2-3-11-29/h4-9,12-14H,2-3,10-11H2,1H3,(H,28,30). The molecule has 3 aromatic rings. The fourth-order valence-electron chi connectivity index (χ4n) is 3.41. The van der Waals surface area contributed by atoms with Crippen molar-refractivity contribution >= 4 is 17.4 Å². The fraction of sp³-hybridized carbons (Fsp3) is 0.273. The Hall–Kier alpha value is -3.62. The van der Waals surface area contributed by atoms with Crippen LogP contribution in [-0.2, 0) is 0 Å². The van der Waals surface area contributed by atoms with Gasteiger partial charge in [0.25, 0.3) is 5.91 Å². The van der Waals surface area contributed by atoms with Crippen LogP contribution in [0.4, 0.5) is 20.3 Å². The number of nitrogens with one attached hydrogen (secondary N) is 1. The molecule has 1 aliphatic rings. The smallest absolute Gasteiger partial charge is 0.394 e. The van der Waals surface area contributed by atoms with Crippen molar-refractivity contribution in [3.05, 3.63) is 60.7 Å². The van der Waals surface area contributed by atoms with Crippen molar-refractivity contribution in [1.29, 1.82) is 0 Å². The van der Waals surface area contributed by atoms with Crippen LogP contribution in [0.2, 0.25) is 0 Å². The molecule has 1 aliphatic heterocycles. The van der Waals surface area contributed by atoms with Gasteiger partial charge in [-0.1, -0.05) is 0 Å². The van der Waals surface area contributed by atoms with Crippen molar-refractivity contribution in [3.8, 4) is 17.0 Å². The Bertz CT molecular complexity index is 1050. The molecule has 3 heterocycles. The van der Waals surface area contributed by atoms with E-state index in [2.05, 4.69) is 29.9 Å². The summed E-state index contributed by atoms with van der Waals surface area (Å²) in [5, 5.41) is 2.74. The number of nitrogens with zero attached hydrogens (tertiary/aromatic N) is 4. The maximum absolute atomic E-state index is 13.0. The number of carbonyl (C=O) groups is 1. The average Bonchev–Trinajstić information content (AvgIpc) is 3.29. The van der Waals surface area contributed by atoms with Crippen molar-refractivity contribution in [1.82, 2.24) is 15.0 Å². The zero-order valence-corrected chi connectivity index (χ0v) is 16.9. The van der Waals surface area contributed by atoms with Crippen molar-refractivity contribution in [2.75, 3.05) is 23.3 Å². The van der Waals surface area contributed by atoms with Crippen LogP contribution in [0.1, 0.15) is 30.1 Å². The normalized spacial score (nSPS) is 13.8. The topological polar surface area (TPSA) is 80.2 Å². The summed E-state index contributed by atoms with van der Waals surface area (Å²) in [6.45, 7) is 2.46. The molecule has 1 N–H and O–H groups in total. The Morgan fingerprint density at radius 1 is 1.10 bits per heavy atom. The second kappa shape index (κ2) is 8.63. The van der Waals surface area contributed by atoms with Crippen molar-refractivity contribution in [3.63, 3.8) is 0 Å². The number of halogens is 2. The van der Waals surface area contributed by atoms with Crippen LogP contribution in [0, 0.1) is 0 Å². The highest BCUT2D eigenvalue weighted by molar-refractivity contribution is 6.05. The molecule has 0 atom stereocenters. The van der Waals surface area contributed by atoms with Crippen molar-refractivity contribution < 1.29 is 18.3 Å². The first-order valence-corrected chi connectivity index (χ1v) is 9.89. The molecular formula is C22H21F2N5O2. The van der Waals surface area contributed by atoms with Crippen LogP contribution >= 0.6 is 0 Å². The summed E-state index contributed by atoms with van der Waals surface area (Å²) in [5.41, 5.74) is 2.16. The van der Waals surface area contributed by atoms with Gasteiger partial charge >= 0.3 is 6.11 Å². The fourth-order valence-corrected chi connectivity index (χ4v) is 3.41. The van der Waals surface area contributed by atoms with Gasteiger partial charge in [-0.2, -0.15) is 8.78 Å². The number of carbonyl (C=O) groups excluding carboxylic acids is 1. The molecule has 0 aliphatic carbocycles. The molecule has 2 aromatic heterocycles. The van der Waals surface area contributed by atoms with Gasteiger partial charge in [-0.05, 0) is 43.2 Å². The van der Waals surface area contributed by atoms with Crippen LogP contribution in [-0.4, -0.2) is 40.1 Å². The molecule has 31 heavy (non-hydrogen) atoms. The number of anilines is 2. The third kappa shape index (κ3) is 5.11. The number of rotatable bonds is 6. The van der Waals surface area contributed by atoms with Crippen LogP contribution in [0.5, 0.6) is 5.75 Å². The highest BCUT2D eigenvalue weighted by Gasteiger charge is 2.23. The summed E-state index contributed by atoms with van der Waals surface area (Å²) in [5.74, 6) is 0.406. The second-order valence-electron chi connectivity index (χ2n) is 7.27. The zero-order valence-electron chi connectivity index (χ0n) is 16.9. The van der Waals surface area contributed by atoms with Crippen molar-refractivity contribution in [2.45, 2.75) is 25.9 Å². The van der Waals surface area contributed by atoms with Gasteiger partial charge in [0.15, 0.2) is 0 Å². The van der Waals surface area contributed by atoms with Gasteiger partial charge in [-0.15, -0.1) is 0 Å². The highest BCUT2D eigenvalue weighted by Crippen LogP contribution is 2.30. The van der Waals surface area contributed by atoms with Gasteiger partial charge in [0.05, 0.1) is 17.5 Å². The summed E-state index contributed by atoms with van der Waals surface area (Å²) < 4.78 is 30.4. The first kappa shape index (κ1) is 20.6. The average molecular weight is 425 g/mol. The summed E-state index contributed by atoms with van der Waals surface area (Å²) in [7, 11) is 0. The largest absolute Gasteiger partial charge is 0.433 e. The Balaban J connectivity index is 1.57. The Morgan fingerprint density at radius 3 is 2.48 bits per heavy atom. The number of hydrogen-bond acceptors (Lipinski definition) is 6. The predicted molar refractivity (Wildman–Crippen MR) is 112 cm³/mol. The van der Waals surface area contributed by atoms with Gasteiger partial charge in [0.1, 0.15) is 11.6 Å². The van der Waals surface area contributed by atoms with Crippen molar-refractivity contribution in [2.24, 2.45) is 0 Å². The van der Waals surface area contributed by atoms with E-state index in [1.54, 1.807) is 24.7 Å². The lowest BCUT2D eigenvalue weighted by molar-refractivity contribution is -0.158. The van der Waals surface area contributed by atoms with E-state index in [-0.39, 0.29) is 11.7 Å². The maximum Gasteiger partial charge on any atom is 0.394 e. The molecule has 0 radical (unpaired) electrons. The van der Waals surface area contributed by atoms with Gasteiger partial charge in [-0.25, -0.2) is 4.98 Å². The summed E-state index contributed by atoms with van der Waals surface area (Å²) in [4.78, 5) is 28.0. The summed E-state index contributed by atoms with van der Waals surface area (Å²) in [6.07, 6.45) is 5.26. The van der Waals surface area contributed by atoms with E-state index in [4.69, 9.17) is 0 Å². The Morgan fingerprint density at radius 2 is 1.84 bits per heavy atom. The van der Waals surface area contributed by atoms with E-state index < -0.39 is 6.11 Å². The molecule has 4 rings (SSSR count). The van der Waals surface area contributed by atoms with Gasteiger partial charge in [-0.3, -0.25) is 14.8 Å². The molecule has 9 heteroatoms. The quantitative estimate of drug-likeness (QED) is 0.631. The molecule has 1 saturated heterocycles. The number of amides is 1. The number of ether oxygens (including phenoxy) is 1. The third-order valence-electron chi connectivity index (χ3n) is 4.78. The molecule has 1 amide bonds. The minimum atomic E-state index is -3.27. The van der Waals surface area contributed by atoms with Gasteiger partial charge in [0.2, 0.25) is 0 Å². The number of aromatic nitrogens is 3. The third-order valence-corrected chi connectivity index (χ3v) is 4.78. The number of pyridine rings is 1. The predicted octanol–water partition coefficient (Wildman–Crippen LogP) is 4.38. The monoisotopic (exact) mass is 425 g/mol. The zero-order chi connectivity index (χ0) is 21.8. The first-order chi connectivity index (χ1) is 14.9. The van der Waals surface area contributed by atoms with E-state index >= 15 is 0 Å². The lowest BCUT2D eigenvalue weighted by atomic mass is 10.1. The number of alkyl halides is 2. The second-order valence-corrected chi connectivity index (χ2v) is 7.27. The minimum absolute atomic E-state index is 0.00655. The van der Waals surface area contributed by atoms with Crippen LogP contribution < -0.4 is 15.0 Å². The van der Waals surface area contributed by atoms with Gasteiger partial charge < -0.3 is 15.0 Å². The highest BCUT2D eigenvalue weighted by atomic mass is 19.3. The molecular weight excluding hydrogens is 404 g/mol. The van der Waals surface area contributed by atoms with Crippen LogP contribution in [0.3, 0.4) is 0 Å². The van der Waals surface area contributed by atoms with E-state index in [1.807, 2.05) is 0 Å². The Labute approximate surface area is 178 Å². The molecule has 1 aromatic carbocycles. The summed E-state index contributed by atoms with van der Waals surface area (Å²) in [6, 6.07) is 7.47. The lowest BCUT2D eigenvalue weighted by Crippen LogP contribution is -2.21. The SMILES string of the molecule is CC(F)(F)Oc1ccc(NC(=O)c2cnc(N3CCCC3)c(-c3cnccn3)c2)cc1. The molecule has 0 unspecified atom stereocenters. The van der Waals surface area contributed by atoms with Crippen LogP contribution in [0.25, 0.3) is 11.3 Å². The van der Waals surface area contributed by atoms with E-state index in [9.17, 15) is 13.6 Å². The molecule has 7 nitrogen and oxygen atoms in total. The number of hydrogen-bond donors (Lipinski definition) is 1.